The zero-order valence-corrected chi connectivity index (χ0v) is 13.3. The molecule has 0 unspecified atom stereocenters. The summed E-state index contributed by atoms with van der Waals surface area (Å²) in [4.78, 5) is 11.6. The molecule has 0 aliphatic heterocycles. The molecule has 1 aromatic rings. The summed E-state index contributed by atoms with van der Waals surface area (Å²) >= 11 is 0. The van der Waals surface area contributed by atoms with E-state index >= 15 is 0 Å². The molecule has 0 saturated heterocycles. The van der Waals surface area contributed by atoms with E-state index in [9.17, 15) is 4.79 Å². The molecule has 0 bridgehead atoms. The van der Waals surface area contributed by atoms with Crippen LogP contribution in [0.15, 0.2) is 12.3 Å². The number of amides is 1. The molecule has 1 heterocycles. The maximum Gasteiger partial charge on any atom is 0.221 e. The highest BCUT2D eigenvalue weighted by Gasteiger charge is 2.17. The summed E-state index contributed by atoms with van der Waals surface area (Å²) < 4.78 is 2.11. The van der Waals surface area contributed by atoms with Crippen LogP contribution in [-0.4, -0.2) is 28.8 Å². The second kappa shape index (κ2) is 8.17. The van der Waals surface area contributed by atoms with Crippen LogP contribution in [0.1, 0.15) is 57.7 Å². The van der Waals surface area contributed by atoms with E-state index in [0.717, 1.165) is 18.8 Å². The van der Waals surface area contributed by atoms with E-state index < -0.39 is 0 Å². The zero-order valence-electron chi connectivity index (χ0n) is 13.3. The van der Waals surface area contributed by atoms with Crippen LogP contribution in [0.5, 0.6) is 0 Å². The van der Waals surface area contributed by atoms with Crippen LogP contribution in [0, 0.1) is 5.92 Å². The Labute approximate surface area is 127 Å². The van der Waals surface area contributed by atoms with Crippen molar-refractivity contribution in [1.29, 1.82) is 0 Å². The quantitative estimate of drug-likeness (QED) is 0.723. The van der Waals surface area contributed by atoms with E-state index in [-0.39, 0.29) is 5.91 Å². The lowest BCUT2D eigenvalue weighted by Gasteiger charge is -2.09. The first kappa shape index (κ1) is 16.0. The maximum atomic E-state index is 11.6. The maximum absolute atomic E-state index is 11.6. The predicted molar refractivity (Wildman–Crippen MR) is 83.9 cm³/mol. The zero-order chi connectivity index (χ0) is 15.1. The van der Waals surface area contributed by atoms with Crippen molar-refractivity contribution in [3.8, 4) is 0 Å². The first-order valence-electron chi connectivity index (χ1n) is 8.16. The summed E-state index contributed by atoms with van der Waals surface area (Å²) in [7, 11) is 0. The minimum absolute atomic E-state index is 0.118. The second-order valence-corrected chi connectivity index (χ2v) is 6.35. The van der Waals surface area contributed by atoms with E-state index in [1.54, 1.807) is 0 Å². The molecule has 1 fully saturated rings. The fourth-order valence-corrected chi connectivity index (χ4v) is 2.67. The SMILES string of the molecule is CC(C)CNC(=O)CCNCc1ccn(C2CCCC2)n1. The van der Waals surface area contributed by atoms with Crippen LogP contribution >= 0.6 is 0 Å². The van der Waals surface area contributed by atoms with Crippen molar-refractivity contribution in [3.63, 3.8) is 0 Å². The lowest BCUT2D eigenvalue weighted by atomic mass is 10.2. The van der Waals surface area contributed by atoms with Gasteiger partial charge in [0.15, 0.2) is 0 Å². The fraction of sp³-hybridized carbons (Fsp3) is 0.750. The summed E-state index contributed by atoms with van der Waals surface area (Å²) in [5, 5.41) is 10.8. The van der Waals surface area contributed by atoms with Gasteiger partial charge in [0.25, 0.3) is 0 Å². The molecule has 2 N–H and O–H groups in total. The Bertz CT molecular complexity index is 435. The Morgan fingerprint density at radius 1 is 1.43 bits per heavy atom. The molecule has 5 nitrogen and oxygen atoms in total. The van der Waals surface area contributed by atoms with Crippen molar-refractivity contribution in [3.05, 3.63) is 18.0 Å². The summed E-state index contributed by atoms with van der Waals surface area (Å²) in [6, 6.07) is 2.67. The van der Waals surface area contributed by atoms with Crippen molar-refractivity contribution in [2.24, 2.45) is 5.92 Å². The van der Waals surface area contributed by atoms with Crippen LogP contribution in [0.3, 0.4) is 0 Å². The topological polar surface area (TPSA) is 59.0 Å². The number of carbonyl (C=O) groups excluding carboxylic acids is 1. The molecule has 118 valence electrons. The molecule has 1 aliphatic carbocycles. The number of nitrogens with zero attached hydrogens (tertiary/aromatic N) is 2. The third kappa shape index (κ3) is 5.50. The van der Waals surface area contributed by atoms with Crippen molar-refractivity contribution in [2.45, 2.75) is 58.5 Å². The lowest BCUT2D eigenvalue weighted by Crippen LogP contribution is -2.30. The molecule has 2 rings (SSSR count). The fourth-order valence-electron chi connectivity index (χ4n) is 2.67. The molecule has 0 radical (unpaired) electrons. The van der Waals surface area contributed by atoms with Crippen molar-refractivity contribution in [1.82, 2.24) is 20.4 Å². The van der Waals surface area contributed by atoms with Gasteiger partial charge in [-0.05, 0) is 24.8 Å². The first-order chi connectivity index (χ1) is 10.1. The third-order valence-corrected chi connectivity index (χ3v) is 3.90. The van der Waals surface area contributed by atoms with Gasteiger partial charge < -0.3 is 10.6 Å². The van der Waals surface area contributed by atoms with Gasteiger partial charge in [-0.3, -0.25) is 9.48 Å². The monoisotopic (exact) mass is 292 g/mol. The third-order valence-electron chi connectivity index (χ3n) is 3.90. The van der Waals surface area contributed by atoms with Crippen LogP contribution in [0.4, 0.5) is 0 Å². The number of nitrogens with one attached hydrogen (secondary N) is 2. The molecule has 0 aromatic carbocycles. The summed E-state index contributed by atoms with van der Waals surface area (Å²) in [6.45, 7) is 6.38. The Balaban J connectivity index is 1.61. The van der Waals surface area contributed by atoms with Crippen molar-refractivity contribution < 1.29 is 4.79 Å². The molecule has 1 saturated carbocycles. The molecule has 1 aromatic heterocycles. The lowest BCUT2D eigenvalue weighted by molar-refractivity contribution is -0.121. The average Bonchev–Trinajstić information content (AvgIpc) is 3.11. The van der Waals surface area contributed by atoms with E-state index in [2.05, 4.69) is 46.5 Å². The highest BCUT2D eigenvalue weighted by atomic mass is 16.1. The van der Waals surface area contributed by atoms with Gasteiger partial charge in [0, 0.05) is 32.3 Å². The Kier molecular flexibility index (Phi) is 6.23. The number of carbonyl (C=O) groups is 1. The van der Waals surface area contributed by atoms with E-state index in [1.807, 2.05) is 0 Å². The van der Waals surface area contributed by atoms with Gasteiger partial charge >= 0.3 is 0 Å². The highest BCUT2D eigenvalue weighted by Crippen LogP contribution is 2.28. The van der Waals surface area contributed by atoms with E-state index in [4.69, 9.17) is 0 Å². The highest BCUT2D eigenvalue weighted by molar-refractivity contribution is 5.76. The summed E-state index contributed by atoms with van der Waals surface area (Å²) in [5.74, 6) is 0.620. The molecule has 0 atom stereocenters. The summed E-state index contributed by atoms with van der Waals surface area (Å²) in [6.07, 6.45) is 7.76. The minimum Gasteiger partial charge on any atom is -0.356 e. The average molecular weight is 292 g/mol. The molecular formula is C16H28N4O. The van der Waals surface area contributed by atoms with Gasteiger partial charge in [0.2, 0.25) is 5.91 Å². The smallest absolute Gasteiger partial charge is 0.221 e. The molecule has 1 amide bonds. The van der Waals surface area contributed by atoms with Gasteiger partial charge in [-0.15, -0.1) is 0 Å². The van der Waals surface area contributed by atoms with Crippen LogP contribution in [0.25, 0.3) is 0 Å². The molecule has 0 spiro atoms. The van der Waals surface area contributed by atoms with Gasteiger partial charge in [-0.25, -0.2) is 0 Å². The number of hydrogen-bond donors (Lipinski definition) is 2. The number of aromatic nitrogens is 2. The molecule has 1 aliphatic rings. The van der Waals surface area contributed by atoms with Crippen LogP contribution in [0.2, 0.25) is 0 Å². The molecule has 21 heavy (non-hydrogen) atoms. The van der Waals surface area contributed by atoms with Crippen molar-refractivity contribution in [2.75, 3.05) is 13.1 Å². The van der Waals surface area contributed by atoms with Crippen molar-refractivity contribution >= 4 is 5.91 Å². The largest absolute Gasteiger partial charge is 0.356 e. The van der Waals surface area contributed by atoms with Crippen LogP contribution in [-0.2, 0) is 11.3 Å². The summed E-state index contributed by atoms with van der Waals surface area (Å²) in [5.41, 5.74) is 1.06. The van der Waals surface area contributed by atoms with Gasteiger partial charge in [-0.1, -0.05) is 26.7 Å². The Hall–Kier alpha value is -1.36. The number of rotatable bonds is 8. The van der Waals surface area contributed by atoms with E-state index in [1.165, 1.54) is 25.7 Å². The standard InChI is InChI=1S/C16H28N4O/c1-13(2)11-18-16(21)7-9-17-12-14-8-10-20(19-14)15-5-3-4-6-15/h8,10,13,15,17H,3-7,9,11-12H2,1-2H3,(H,18,21). The van der Waals surface area contributed by atoms with Gasteiger partial charge in [-0.2, -0.15) is 5.10 Å². The van der Waals surface area contributed by atoms with E-state index in [0.29, 0.717) is 24.9 Å². The second-order valence-electron chi connectivity index (χ2n) is 6.35. The Morgan fingerprint density at radius 3 is 2.90 bits per heavy atom. The van der Waals surface area contributed by atoms with Crippen LogP contribution < -0.4 is 10.6 Å². The normalized spacial score (nSPS) is 15.8. The molecule has 5 heteroatoms. The first-order valence-corrected chi connectivity index (χ1v) is 8.16. The Morgan fingerprint density at radius 2 is 2.19 bits per heavy atom. The molecular weight excluding hydrogens is 264 g/mol. The van der Waals surface area contributed by atoms with Gasteiger partial charge in [0.05, 0.1) is 11.7 Å². The van der Waals surface area contributed by atoms with Gasteiger partial charge in [0.1, 0.15) is 0 Å². The number of hydrogen-bond acceptors (Lipinski definition) is 3. The minimum atomic E-state index is 0.118. The predicted octanol–water partition coefficient (Wildman–Crippen LogP) is 2.25.